The normalized spacial score (nSPS) is 12.0. The van der Waals surface area contributed by atoms with Gasteiger partial charge in [-0.1, -0.05) is 50.2 Å². The minimum absolute atomic E-state index is 0.311. The lowest BCUT2D eigenvalue weighted by atomic mass is 9.97. The Hall–Kier alpha value is -4.14. The first kappa shape index (κ1) is 23.6. The fourth-order valence-electron chi connectivity index (χ4n) is 4.12. The Kier molecular flexibility index (Phi) is 5.99. The largest absolute Gasteiger partial charge is 0.459 e. The van der Waals surface area contributed by atoms with E-state index in [1.54, 1.807) is 31.4 Å². The number of aryl methyl sites for hydroxylation is 1. The summed E-state index contributed by atoms with van der Waals surface area (Å²) >= 11 is 0. The number of halogens is 3. The van der Waals surface area contributed by atoms with Gasteiger partial charge in [-0.15, -0.1) is 0 Å². The average molecular weight is 492 g/mol. The van der Waals surface area contributed by atoms with E-state index in [-0.39, 0.29) is 0 Å². The number of nitrogens with one attached hydrogen (secondary N) is 1. The number of nitrogens with zero attached hydrogens (tertiary/aromatic N) is 4. The third kappa shape index (κ3) is 4.56. The van der Waals surface area contributed by atoms with Gasteiger partial charge in [0, 0.05) is 23.9 Å². The summed E-state index contributed by atoms with van der Waals surface area (Å²) in [7, 11) is 0. The SMILES string of the molecule is Cc1cc(C(F)(F)F)nn1-c1ccc(CNc2nc(-c3ccccc3C(C)C)nc3ccoc23)cc1. The first-order chi connectivity index (χ1) is 17.2. The molecule has 2 aromatic carbocycles. The molecule has 0 amide bonds. The van der Waals surface area contributed by atoms with Crippen LogP contribution in [0.25, 0.3) is 28.2 Å². The molecule has 184 valence electrons. The van der Waals surface area contributed by atoms with Crippen LogP contribution < -0.4 is 5.32 Å². The quantitative estimate of drug-likeness (QED) is 0.273. The van der Waals surface area contributed by atoms with E-state index in [0.717, 1.165) is 22.8 Å². The zero-order chi connectivity index (χ0) is 25.4. The third-order valence-electron chi connectivity index (χ3n) is 5.95. The molecule has 0 bridgehead atoms. The summed E-state index contributed by atoms with van der Waals surface area (Å²) in [6, 6.07) is 18.1. The molecule has 0 aliphatic carbocycles. The molecule has 0 aliphatic heterocycles. The van der Waals surface area contributed by atoms with Gasteiger partial charge in [0.25, 0.3) is 0 Å². The maximum absolute atomic E-state index is 13.0. The van der Waals surface area contributed by atoms with Gasteiger partial charge in [-0.05, 0) is 42.2 Å². The molecule has 6 nitrogen and oxygen atoms in total. The van der Waals surface area contributed by atoms with Crippen molar-refractivity contribution in [3.63, 3.8) is 0 Å². The minimum atomic E-state index is -4.48. The Bertz CT molecular complexity index is 1520. The number of hydrogen-bond acceptors (Lipinski definition) is 5. The van der Waals surface area contributed by atoms with Crippen molar-refractivity contribution in [3.8, 4) is 17.1 Å². The first-order valence-corrected chi connectivity index (χ1v) is 11.5. The maximum atomic E-state index is 13.0. The van der Waals surface area contributed by atoms with Crippen molar-refractivity contribution in [2.24, 2.45) is 0 Å². The zero-order valence-electron chi connectivity index (χ0n) is 20.0. The van der Waals surface area contributed by atoms with Crippen molar-refractivity contribution >= 4 is 16.9 Å². The lowest BCUT2D eigenvalue weighted by Crippen LogP contribution is -2.07. The van der Waals surface area contributed by atoms with Gasteiger partial charge in [-0.25, -0.2) is 14.6 Å². The molecular formula is C27H24F3N5O. The van der Waals surface area contributed by atoms with Gasteiger partial charge in [0.1, 0.15) is 5.52 Å². The highest BCUT2D eigenvalue weighted by Gasteiger charge is 2.34. The third-order valence-corrected chi connectivity index (χ3v) is 5.95. The van der Waals surface area contributed by atoms with Gasteiger partial charge in [0.2, 0.25) is 0 Å². The van der Waals surface area contributed by atoms with Gasteiger partial charge in [0.15, 0.2) is 22.9 Å². The number of rotatable bonds is 6. The standard InChI is InChI=1S/C27H24F3N5O/c1-16(2)20-6-4-5-7-21(20)25-32-22-12-13-36-24(22)26(33-25)31-15-18-8-10-19(11-9-18)35-17(3)14-23(34-35)27(28,29)30/h4-14,16H,15H2,1-3H3,(H,31,32,33). The molecule has 1 N–H and O–H groups in total. The van der Waals surface area contributed by atoms with Gasteiger partial charge in [0.05, 0.1) is 12.0 Å². The molecule has 9 heteroatoms. The van der Waals surface area contributed by atoms with E-state index in [9.17, 15) is 13.2 Å². The van der Waals surface area contributed by atoms with E-state index in [2.05, 4.69) is 30.3 Å². The van der Waals surface area contributed by atoms with Crippen LogP contribution in [0.2, 0.25) is 0 Å². The Morgan fingerprint density at radius 3 is 2.44 bits per heavy atom. The van der Waals surface area contributed by atoms with Gasteiger partial charge >= 0.3 is 6.18 Å². The molecular weight excluding hydrogens is 467 g/mol. The lowest BCUT2D eigenvalue weighted by molar-refractivity contribution is -0.141. The highest BCUT2D eigenvalue weighted by molar-refractivity contribution is 5.85. The molecule has 3 aromatic heterocycles. The number of hydrogen-bond donors (Lipinski definition) is 1. The number of benzene rings is 2. The summed E-state index contributed by atoms with van der Waals surface area (Å²) < 4.78 is 45.9. The Morgan fingerprint density at radius 2 is 1.75 bits per heavy atom. The van der Waals surface area contributed by atoms with Crippen molar-refractivity contribution in [2.75, 3.05) is 5.32 Å². The molecule has 0 saturated carbocycles. The van der Waals surface area contributed by atoms with E-state index in [1.807, 2.05) is 30.3 Å². The highest BCUT2D eigenvalue weighted by Crippen LogP contribution is 2.31. The second kappa shape index (κ2) is 9.14. The summed E-state index contributed by atoms with van der Waals surface area (Å²) in [5.74, 6) is 1.49. The van der Waals surface area contributed by atoms with Crippen LogP contribution in [0, 0.1) is 6.92 Å². The molecule has 3 heterocycles. The predicted molar refractivity (Wildman–Crippen MR) is 132 cm³/mol. The second-order valence-electron chi connectivity index (χ2n) is 8.87. The van der Waals surface area contributed by atoms with Crippen LogP contribution in [0.3, 0.4) is 0 Å². The van der Waals surface area contributed by atoms with Crippen molar-refractivity contribution in [1.29, 1.82) is 0 Å². The van der Waals surface area contributed by atoms with E-state index in [4.69, 9.17) is 14.4 Å². The zero-order valence-corrected chi connectivity index (χ0v) is 20.0. The van der Waals surface area contributed by atoms with Crippen LogP contribution in [0.1, 0.15) is 42.3 Å². The van der Waals surface area contributed by atoms with E-state index in [1.165, 1.54) is 4.68 Å². The smallest absolute Gasteiger partial charge is 0.435 e. The highest BCUT2D eigenvalue weighted by atomic mass is 19.4. The summed E-state index contributed by atoms with van der Waals surface area (Å²) in [5, 5.41) is 7.03. The predicted octanol–water partition coefficient (Wildman–Crippen LogP) is 7.14. The second-order valence-corrected chi connectivity index (χ2v) is 8.87. The summed E-state index contributed by atoms with van der Waals surface area (Å²) in [5.41, 5.74) is 4.35. The average Bonchev–Trinajstić information content (AvgIpc) is 3.49. The minimum Gasteiger partial charge on any atom is -0.459 e. The lowest BCUT2D eigenvalue weighted by Gasteiger charge is -2.13. The van der Waals surface area contributed by atoms with E-state index >= 15 is 0 Å². The van der Waals surface area contributed by atoms with Gasteiger partial charge < -0.3 is 9.73 Å². The number of alkyl halides is 3. The van der Waals surface area contributed by atoms with E-state index in [0.29, 0.717) is 46.6 Å². The Morgan fingerprint density at radius 1 is 1.00 bits per heavy atom. The molecule has 5 aromatic rings. The Balaban J connectivity index is 1.40. The van der Waals surface area contributed by atoms with Crippen LogP contribution in [0.5, 0.6) is 0 Å². The first-order valence-electron chi connectivity index (χ1n) is 11.5. The van der Waals surface area contributed by atoms with Crippen LogP contribution in [-0.2, 0) is 12.7 Å². The molecule has 0 spiro atoms. The van der Waals surface area contributed by atoms with Crippen LogP contribution in [-0.4, -0.2) is 19.7 Å². The maximum Gasteiger partial charge on any atom is 0.435 e. The van der Waals surface area contributed by atoms with Crippen molar-refractivity contribution in [3.05, 3.63) is 89.4 Å². The number of fused-ring (bicyclic) bond motifs is 1. The molecule has 0 unspecified atom stereocenters. The number of aromatic nitrogens is 4. The molecule has 0 atom stereocenters. The van der Waals surface area contributed by atoms with Gasteiger partial charge in [-0.3, -0.25) is 0 Å². The molecule has 0 aliphatic rings. The topological polar surface area (TPSA) is 68.8 Å². The monoisotopic (exact) mass is 491 g/mol. The van der Waals surface area contributed by atoms with Crippen LogP contribution >= 0.6 is 0 Å². The van der Waals surface area contributed by atoms with Crippen molar-refractivity contribution < 1.29 is 17.6 Å². The summed E-state index contributed by atoms with van der Waals surface area (Å²) in [6.07, 6.45) is -2.90. The van der Waals surface area contributed by atoms with Gasteiger partial charge in [-0.2, -0.15) is 18.3 Å². The van der Waals surface area contributed by atoms with Crippen molar-refractivity contribution in [1.82, 2.24) is 19.7 Å². The molecule has 36 heavy (non-hydrogen) atoms. The summed E-state index contributed by atoms with van der Waals surface area (Å²) in [4.78, 5) is 9.47. The van der Waals surface area contributed by atoms with Crippen LogP contribution in [0.15, 0.2) is 71.3 Å². The Labute approximate surface area is 205 Å². The van der Waals surface area contributed by atoms with Crippen molar-refractivity contribution in [2.45, 2.75) is 39.4 Å². The molecule has 0 radical (unpaired) electrons. The molecule has 0 saturated heterocycles. The number of furan rings is 1. The fraction of sp³-hybridized carbons (Fsp3) is 0.222. The van der Waals surface area contributed by atoms with Crippen LogP contribution in [0.4, 0.5) is 19.0 Å². The summed E-state index contributed by atoms with van der Waals surface area (Å²) in [6.45, 7) is 6.29. The fourth-order valence-corrected chi connectivity index (χ4v) is 4.12. The molecule has 5 rings (SSSR count). The van der Waals surface area contributed by atoms with E-state index < -0.39 is 11.9 Å². The molecule has 0 fully saturated rings. The number of anilines is 1.